The molecule has 1 heterocycles. The maximum absolute atomic E-state index is 10.8. The second-order valence-electron chi connectivity index (χ2n) is 3.66. The molecule has 0 bridgehead atoms. The molecule has 0 aromatic carbocycles. The van der Waals surface area contributed by atoms with Crippen LogP contribution >= 0.6 is 0 Å². The highest BCUT2D eigenvalue weighted by Crippen LogP contribution is 2.15. The van der Waals surface area contributed by atoms with Gasteiger partial charge in [-0.15, -0.1) is 0 Å². The highest BCUT2D eigenvalue weighted by molar-refractivity contribution is 5.77. The van der Waals surface area contributed by atoms with Gasteiger partial charge < -0.3 is 0 Å². The molecule has 1 rings (SSSR count). The lowest BCUT2D eigenvalue weighted by atomic mass is 9.99. The predicted octanol–water partition coefficient (Wildman–Crippen LogP) is 1.94. The molecule has 0 saturated carbocycles. The highest BCUT2D eigenvalue weighted by Gasteiger charge is 2.15. The SMILES string of the molecule is C.CC(=O)CN1CCC(C)CC1. The second-order valence-corrected chi connectivity index (χ2v) is 3.66. The van der Waals surface area contributed by atoms with Crippen molar-refractivity contribution < 1.29 is 4.79 Å². The van der Waals surface area contributed by atoms with Crippen molar-refractivity contribution in [2.45, 2.75) is 34.1 Å². The molecule has 1 saturated heterocycles. The summed E-state index contributed by atoms with van der Waals surface area (Å²) in [6.07, 6.45) is 2.51. The molecule has 0 amide bonds. The van der Waals surface area contributed by atoms with Gasteiger partial charge >= 0.3 is 0 Å². The van der Waals surface area contributed by atoms with Gasteiger partial charge in [-0.2, -0.15) is 0 Å². The van der Waals surface area contributed by atoms with Crippen LogP contribution in [0.2, 0.25) is 0 Å². The fourth-order valence-electron chi connectivity index (χ4n) is 1.54. The Bertz CT molecular complexity index is 137. The van der Waals surface area contributed by atoms with E-state index < -0.39 is 0 Å². The number of piperidine rings is 1. The first kappa shape index (κ1) is 11.6. The quantitative estimate of drug-likeness (QED) is 0.633. The molecule has 0 radical (unpaired) electrons. The molecule has 0 atom stereocenters. The van der Waals surface area contributed by atoms with Crippen LogP contribution in [0.15, 0.2) is 0 Å². The van der Waals surface area contributed by atoms with E-state index >= 15 is 0 Å². The number of Topliss-reactive ketones (excluding diaryl/α,β-unsaturated/α-hetero) is 1. The lowest BCUT2D eigenvalue weighted by Crippen LogP contribution is -2.36. The van der Waals surface area contributed by atoms with Crippen molar-refractivity contribution in [2.24, 2.45) is 5.92 Å². The van der Waals surface area contributed by atoms with Crippen LogP contribution in [-0.2, 0) is 4.79 Å². The predicted molar refractivity (Wildman–Crippen MR) is 52.3 cm³/mol. The molecule has 0 spiro atoms. The molecule has 72 valence electrons. The average molecular weight is 171 g/mol. The van der Waals surface area contributed by atoms with Crippen molar-refractivity contribution in [3.63, 3.8) is 0 Å². The Morgan fingerprint density at radius 1 is 1.42 bits per heavy atom. The van der Waals surface area contributed by atoms with Crippen molar-refractivity contribution in [2.75, 3.05) is 19.6 Å². The first-order valence-electron chi connectivity index (χ1n) is 4.40. The van der Waals surface area contributed by atoms with Crippen molar-refractivity contribution in [1.29, 1.82) is 0 Å². The lowest BCUT2D eigenvalue weighted by Gasteiger charge is -2.29. The van der Waals surface area contributed by atoms with Gasteiger partial charge in [0, 0.05) is 0 Å². The van der Waals surface area contributed by atoms with E-state index in [9.17, 15) is 4.79 Å². The Morgan fingerprint density at radius 3 is 2.33 bits per heavy atom. The second kappa shape index (κ2) is 5.31. The van der Waals surface area contributed by atoms with Gasteiger partial charge in [0.25, 0.3) is 0 Å². The Balaban J connectivity index is 0.00000121. The number of ketones is 1. The minimum atomic E-state index is 0. The van der Waals surface area contributed by atoms with Crippen molar-refractivity contribution in [1.82, 2.24) is 4.90 Å². The minimum absolute atomic E-state index is 0. The van der Waals surface area contributed by atoms with Gasteiger partial charge in [0.05, 0.1) is 6.54 Å². The van der Waals surface area contributed by atoms with E-state index in [-0.39, 0.29) is 7.43 Å². The Labute approximate surface area is 75.9 Å². The zero-order valence-electron chi connectivity index (χ0n) is 7.47. The Kier molecular flexibility index (Phi) is 5.14. The van der Waals surface area contributed by atoms with Crippen LogP contribution in [0.1, 0.15) is 34.1 Å². The third-order valence-corrected chi connectivity index (χ3v) is 2.32. The molecule has 0 N–H and O–H groups in total. The number of rotatable bonds is 2. The van der Waals surface area contributed by atoms with Gasteiger partial charge in [-0.1, -0.05) is 14.4 Å². The largest absolute Gasteiger partial charge is 0.299 e. The van der Waals surface area contributed by atoms with Crippen LogP contribution in [0.5, 0.6) is 0 Å². The summed E-state index contributed by atoms with van der Waals surface area (Å²) >= 11 is 0. The summed E-state index contributed by atoms with van der Waals surface area (Å²) in [6, 6.07) is 0. The first-order valence-corrected chi connectivity index (χ1v) is 4.40. The molecular weight excluding hydrogens is 150 g/mol. The summed E-state index contributed by atoms with van der Waals surface area (Å²) in [5, 5.41) is 0. The fourth-order valence-corrected chi connectivity index (χ4v) is 1.54. The summed E-state index contributed by atoms with van der Waals surface area (Å²) in [4.78, 5) is 13.0. The van der Waals surface area contributed by atoms with E-state index in [1.165, 1.54) is 12.8 Å². The van der Waals surface area contributed by atoms with Crippen molar-refractivity contribution >= 4 is 5.78 Å². The summed E-state index contributed by atoms with van der Waals surface area (Å²) in [6.45, 7) is 6.83. The zero-order chi connectivity index (χ0) is 8.27. The van der Waals surface area contributed by atoms with Gasteiger partial charge in [-0.3, -0.25) is 9.69 Å². The Morgan fingerprint density at radius 2 is 1.92 bits per heavy atom. The molecule has 2 nitrogen and oxygen atoms in total. The van der Waals surface area contributed by atoms with E-state index in [1.54, 1.807) is 6.92 Å². The summed E-state index contributed by atoms with van der Waals surface area (Å²) < 4.78 is 0. The van der Waals surface area contributed by atoms with Crippen LogP contribution in [0.4, 0.5) is 0 Å². The third kappa shape index (κ3) is 3.86. The number of likely N-dealkylation sites (tertiary alicyclic amines) is 1. The van der Waals surface area contributed by atoms with Crippen LogP contribution < -0.4 is 0 Å². The molecule has 1 aliphatic heterocycles. The first-order chi connectivity index (χ1) is 5.18. The smallest absolute Gasteiger partial charge is 0.143 e. The molecule has 1 fully saturated rings. The minimum Gasteiger partial charge on any atom is -0.299 e. The molecular formula is C10H21NO. The lowest BCUT2D eigenvalue weighted by molar-refractivity contribution is -0.118. The van der Waals surface area contributed by atoms with E-state index in [4.69, 9.17) is 0 Å². The van der Waals surface area contributed by atoms with Gasteiger partial charge in [0.1, 0.15) is 5.78 Å². The van der Waals surface area contributed by atoms with Crippen LogP contribution in [0, 0.1) is 5.92 Å². The normalized spacial score (nSPS) is 20.2. The number of carbonyl (C=O) groups is 1. The van der Waals surface area contributed by atoms with Crippen molar-refractivity contribution in [3.8, 4) is 0 Å². The maximum Gasteiger partial charge on any atom is 0.143 e. The summed E-state index contributed by atoms with van der Waals surface area (Å²) in [5.74, 6) is 1.15. The number of nitrogens with zero attached hydrogens (tertiary/aromatic N) is 1. The highest BCUT2D eigenvalue weighted by atomic mass is 16.1. The van der Waals surface area contributed by atoms with E-state index in [0.29, 0.717) is 12.3 Å². The Hall–Kier alpha value is -0.370. The van der Waals surface area contributed by atoms with Crippen molar-refractivity contribution in [3.05, 3.63) is 0 Å². The number of carbonyl (C=O) groups excluding carboxylic acids is 1. The molecule has 2 heteroatoms. The van der Waals surface area contributed by atoms with E-state index in [0.717, 1.165) is 19.0 Å². The zero-order valence-corrected chi connectivity index (χ0v) is 7.47. The fraction of sp³-hybridized carbons (Fsp3) is 0.900. The molecule has 0 aliphatic carbocycles. The third-order valence-electron chi connectivity index (χ3n) is 2.32. The van der Waals surface area contributed by atoms with E-state index in [1.807, 2.05) is 0 Å². The standard InChI is InChI=1S/C9H17NO.CH4/c1-8-3-5-10(6-4-8)7-9(2)11;/h8H,3-7H2,1-2H3;1H4. The molecule has 1 aliphatic rings. The molecule has 12 heavy (non-hydrogen) atoms. The summed E-state index contributed by atoms with van der Waals surface area (Å²) in [7, 11) is 0. The van der Waals surface area contributed by atoms with E-state index in [2.05, 4.69) is 11.8 Å². The van der Waals surface area contributed by atoms with Gasteiger partial charge in [-0.05, 0) is 38.8 Å². The molecule has 0 unspecified atom stereocenters. The monoisotopic (exact) mass is 171 g/mol. The van der Waals surface area contributed by atoms with Crippen LogP contribution in [-0.4, -0.2) is 30.3 Å². The number of hydrogen-bond donors (Lipinski definition) is 0. The average Bonchev–Trinajstić information content (AvgIpc) is 1.93. The van der Waals surface area contributed by atoms with Crippen LogP contribution in [0.3, 0.4) is 0 Å². The van der Waals surface area contributed by atoms with Gasteiger partial charge in [0.15, 0.2) is 0 Å². The number of hydrogen-bond acceptors (Lipinski definition) is 2. The topological polar surface area (TPSA) is 20.3 Å². The van der Waals surface area contributed by atoms with Crippen LogP contribution in [0.25, 0.3) is 0 Å². The summed E-state index contributed by atoms with van der Waals surface area (Å²) in [5.41, 5.74) is 0. The van der Waals surface area contributed by atoms with Gasteiger partial charge in [-0.25, -0.2) is 0 Å². The molecule has 0 aromatic heterocycles. The maximum atomic E-state index is 10.8. The van der Waals surface area contributed by atoms with Gasteiger partial charge in [0.2, 0.25) is 0 Å². The molecule has 0 aromatic rings.